The van der Waals surface area contributed by atoms with Crippen molar-refractivity contribution in [1.82, 2.24) is 9.47 Å². The molecule has 11 heteroatoms. The Morgan fingerprint density at radius 1 is 1.05 bits per heavy atom. The molecule has 2 aromatic carbocycles. The van der Waals surface area contributed by atoms with Gasteiger partial charge in [0.25, 0.3) is 16.8 Å². The summed E-state index contributed by atoms with van der Waals surface area (Å²) in [5.74, 6) is -0.906. The van der Waals surface area contributed by atoms with Crippen LogP contribution >= 0.6 is 23.4 Å². The molecule has 0 spiro atoms. The van der Waals surface area contributed by atoms with E-state index in [9.17, 15) is 24.5 Å². The number of piperidine rings is 1. The highest BCUT2D eigenvalue weighted by molar-refractivity contribution is 8.18. The predicted octanol–water partition coefficient (Wildman–Crippen LogP) is 6.57. The maximum Gasteiger partial charge on any atom is 0.294 e. The van der Waals surface area contributed by atoms with Crippen LogP contribution in [0.15, 0.2) is 53.4 Å². The summed E-state index contributed by atoms with van der Waals surface area (Å²) in [6, 6.07) is 13.4. The summed E-state index contributed by atoms with van der Waals surface area (Å²) in [5, 5.41) is 12.0. The van der Waals surface area contributed by atoms with Gasteiger partial charge in [0.05, 0.1) is 22.1 Å². The summed E-state index contributed by atoms with van der Waals surface area (Å²) in [6.45, 7) is 4.97. The minimum absolute atomic E-state index is 0.0555. The number of nitro groups is 1. The number of rotatable bonds is 7. The van der Waals surface area contributed by atoms with Crippen LogP contribution in [0.5, 0.6) is 0 Å². The van der Waals surface area contributed by atoms with E-state index in [0.29, 0.717) is 27.5 Å². The number of hydrogen-bond acceptors (Lipinski definition) is 7. The highest BCUT2D eigenvalue weighted by Gasteiger charge is 2.36. The van der Waals surface area contributed by atoms with Crippen molar-refractivity contribution in [3.05, 3.63) is 91.1 Å². The van der Waals surface area contributed by atoms with Crippen LogP contribution in [-0.2, 0) is 4.79 Å². The third-order valence-corrected chi connectivity index (χ3v) is 8.37. The monoisotopic (exact) mass is 578 g/mol. The standard InChI is InChI=1S/C29H27ClN4O5S/c1-18-14-21(15-27-28(36)32(29(37)40-27)17-26(35)20-6-8-22(30)9-7-20)19(2)33(18)23-10-11-24(25(16-23)34(38)39)31-12-4-3-5-13-31/h6-11,14-16H,3-5,12-13,17H2,1-2H3/b27-15-. The number of thioether (sulfide) groups is 1. The quantitative estimate of drug-likeness (QED) is 0.135. The van der Waals surface area contributed by atoms with Gasteiger partial charge in [0.1, 0.15) is 5.69 Å². The number of carbonyl (C=O) groups is 3. The number of amides is 2. The summed E-state index contributed by atoms with van der Waals surface area (Å²) in [7, 11) is 0. The Kier molecular flexibility index (Phi) is 7.82. The number of hydrogen-bond donors (Lipinski definition) is 0. The number of nitro benzene ring substituents is 1. The van der Waals surface area contributed by atoms with E-state index < -0.39 is 11.1 Å². The fourth-order valence-electron chi connectivity index (χ4n) is 5.18. The largest absolute Gasteiger partial charge is 0.366 e. The molecule has 2 aliphatic rings. The van der Waals surface area contributed by atoms with Gasteiger partial charge in [-0.15, -0.1) is 0 Å². The second-order valence-electron chi connectivity index (χ2n) is 9.84. The van der Waals surface area contributed by atoms with Crippen LogP contribution in [-0.4, -0.2) is 51.0 Å². The Balaban J connectivity index is 1.41. The first-order chi connectivity index (χ1) is 19.1. The van der Waals surface area contributed by atoms with Crippen LogP contribution in [0.2, 0.25) is 5.02 Å². The van der Waals surface area contributed by atoms with Crippen molar-refractivity contribution in [2.45, 2.75) is 33.1 Å². The Morgan fingerprint density at radius 3 is 2.42 bits per heavy atom. The fourth-order valence-corrected chi connectivity index (χ4v) is 6.13. The number of imide groups is 1. The van der Waals surface area contributed by atoms with E-state index in [1.807, 2.05) is 30.5 Å². The third-order valence-electron chi connectivity index (χ3n) is 7.21. The number of benzene rings is 2. The minimum atomic E-state index is -0.538. The van der Waals surface area contributed by atoms with Crippen LogP contribution < -0.4 is 4.90 Å². The SMILES string of the molecule is Cc1cc(/C=C2\SC(=O)N(CC(=O)c3ccc(Cl)cc3)C2=O)c(C)n1-c1ccc(N2CCCCC2)c([N+](=O)[O-])c1. The molecule has 0 unspecified atom stereocenters. The van der Waals surface area contributed by atoms with Gasteiger partial charge in [-0.3, -0.25) is 29.4 Å². The van der Waals surface area contributed by atoms with Crippen molar-refractivity contribution in [1.29, 1.82) is 0 Å². The van der Waals surface area contributed by atoms with E-state index >= 15 is 0 Å². The highest BCUT2D eigenvalue weighted by atomic mass is 35.5. The Hall–Kier alpha value is -3.89. The molecular formula is C29H27ClN4O5S. The topological polar surface area (TPSA) is 106 Å². The zero-order valence-electron chi connectivity index (χ0n) is 22.1. The molecule has 3 heterocycles. The molecule has 2 saturated heterocycles. The normalized spacial score (nSPS) is 16.7. The smallest absolute Gasteiger partial charge is 0.294 e. The van der Waals surface area contributed by atoms with E-state index in [2.05, 4.69) is 4.90 Å². The summed E-state index contributed by atoms with van der Waals surface area (Å²) in [6.07, 6.45) is 4.79. The zero-order valence-corrected chi connectivity index (χ0v) is 23.6. The molecule has 206 valence electrons. The lowest BCUT2D eigenvalue weighted by Crippen LogP contribution is -2.33. The van der Waals surface area contributed by atoms with Gasteiger partial charge in [0.15, 0.2) is 5.78 Å². The molecule has 0 radical (unpaired) electrons. The van der Waals surface area contributed by atoms with Gasteiger partial charge >= 0.3 is 0 Å². The summed E-state index contributed by atoms with van der Waals surface area (Å²) >= 11 is 6.66. The molecular weight excluding hydrogens is 552 g/mol. The number of nitrogens with zero attached hydrogens (tertiary/aromatic N) is 4. The molecule has 0 aliphatic carbocycles. The first kappa shape index (κ1) is 27.7. The fraction of sp³-hybridized carbons (Fsp3) is 0.276. The molecule has 0 atom stereocenters. The van der Waals surface area contributed by atoms with Crippen molar-refractivity contribution < 1.29 is 19.3 Å². The van der Waals surface area contributed by atoms with E-state index in [1.54, 1.807) is 42.5 Å². The first-order valence-corrected chi connectivity index (χ1v) is 14.1. The molecule has 2 aliphatic heterocycles. The number of aryl methyl sites for hydroxylation is 1. The van der Waals surface area contributed by atoms with E-state index in [4.69, 9.17) is 11.6 Å². The minimum Gasteiger partial charge on any atom is -0.366 e. The number of ketones is 1. The second-order valence-corrected chi connectivity index (χ2v) is 11.3. The molecule has 40 heavy (non-hydrogen) atoms. The first-order valence-electron chi connectivity index (χ1n) is 12.9. The number of aromatic nitrogens is 1. The summed E-state index contributed by atoms with van der Waals surface area (Å²) in [4.78, 5) is 53.2. The Labute approximate surface area is 240 Å². The van der Waals surface area contributed by atoms with Gasteiger partial charge < -0.3 is 9.47 Å². The van der Waals surface area contributed by atoms with Crippen LogP contribution in [0, 0.1) is 24.0 Å². The van der Waals surface area contributed by atoms with E-state index in [1.165, 1.54) is 0 Å². The lowest BCUT2D eigenvalue weighted by molar-refractivity contribution is -0.384. The van der Waals surface area contributed by atoms with Crippen molar-refractivity contribution in [2.24, 2.45) is 0 Å². The van der Waals surface area contributed by atoms with Crippen LogP contribution in [0.3, 0.4) is 0 Å². The van der Waals surface area contributed by atoms with Gasteiger partial charge in [0.2, 0.25) is 0 Å². The van der Waals surface area contributed by atoms with Gasteiger partial charge in [-0.2, -0.15) is 0 Å². The average molecular weight is 579 g/mol. The number of anilines is 1. The number of carbonyl (C=O) groups excluding carboxylic acids is 3. The van der Waals surface area contributed by atoms with Crippen LogP contribution in [0.4, 0.5) is 16.2 Å². The maximum atomic E-state index is 13.1. The highest BCUT2D eigenvalue weighted by Crippen LogP contribution is 2.36. The number of Topliss-reactive ketones (excluding diaryl/α,β-unsaturated/α-hetero) is 1. The lowest BCUT2D eigenvalue weighted by atomic mass is 10.1. The molecule has 0 saturated carbocycles. The summed E-state index contributed by atoms with van der Waals surface area (Å²) < 4.78 is 1.90. The number of halogens is 1. The van der Waals surface area contributed by atoms with Crippen LogP contribution in [0.1, 0.15) is 46.6 Å². The molecule has 0 bridgehead atoms. The molecule has 2 amide bonds. The summed E-state index contributed by atoms with van der Waals surface area (Å²) in [5.41, 5.74) is 3.97. The van der Waals surface area contributed by atoms with E-state index in [-0.39, 0.29) is 27.8 Å². The molecule has 3 aromatic rings. The molecule has 0 N–H and O–H groups in total. The zero-order chi connectivity index (χ0) is 28.6. The Morgan fingerprint density at radius 2 is 1.75 bits per heavy atom. The van der Waals surface area contributed by atoms with Crippen molar-refractivity contribution >= 4 is 57.7 Å². The van der Waals surface area contributed by atoms with Crippen molar-refractivity contribution in [3.8, 4) is 5.69 Å². The van der Waals surface area contributed by atoms with Gasteiger partial charge in [0, 0.05) is 41.1 Å². The van der Waals surface area contributed by atoms with Gasteiger partial charge in [-0.25, -0.2) is 0 Å². The molecule has 5 rings (SSSR count). The van der Waals surface area contributed by atoms with Crippen molar-refractivity contribution in [2.75, 3.05) is 24.5 Å². The van der Waals surface area contributed by atoms with Crippen molar-refractivity contribution in [3.63, 3.8) is 0 Å². The average Bonchev–Trinajstić information content (AvgIpc) is 3.37. The lowest BCUT2D eigenvalue weighted by Gasteiger charge is -2.28. The third kappa shape index (κ3) is 5.41. The van der Waals surface area contributed by atoms with Gasteiger partial charge in [-0.1, -0.05) is 11.6 Å². The van der Waals surface area contributed by atoms with E-state index in [0.717, 1.165) is 60.4 Å². The molecule has 2 fully saturated rings. The van der Waals surface area contributed by atoms with Crippen LogP contribution in [0.25, 0.3) is 11.8 Å². The molecule has 1 aromatic heterocycles. The second kappa shape index (κ2) is 11.3. The predicted molar refractivity (Wildman–Crippen MR) is 156 cm³/mol. The van der Waals surface area contributed by atoms with Gasteiger partial charge in [-0.05, 0) is 99.0 Å². The maximum absolute atomic E-state index is 13.1. The molecule has 9 nitrogen and oxygen atoms in total. The Bertz CT molecular complexity index is 1560.